The number of rotatable bonds is 3. The summed E-state index contributed by atoms with van der Waals surface area (Å²) in [6, 6.07) is 0. The van der Waals surface area contributed by atoms with E-state index in [-0.39, 0.29) is 0 Å². The minimum Gasteiger partial charge on any atom is -0.0843 e. The summed E-state index contributed by atoms with van der Waals surface area (Å²) in [5.74, 6) is 0.927. The van der Waals surface area contributed by atoms with Crippen LogP contribution in [-0.2, 0) is 0 Å². The Hall–Kier alpha value is -0.520. The maximum atomic E-state index is 5.29. The molecule has 1 aliphatic rings. The Morgan fingerprint density at radius 3 is 2.23 bits per heavy atom. The monoisotopic (exact) mass is 177 g/mol. The molecular formula is C13H21. The fourth-order valence-corrected chi connectivity index (χ4v) is 2.13. The summed E-state index contributed by atoms with van der Waals surface area (Å²) in [5.41, 5.74) is 0. The average Bonchev–Trinajstić information content (AvgIpc) is 2.08. The average molecular weight is 177 g/mol. The third kappa shape index (κ3) is 4.92. The smallest absolute Gasteiger partial charge is 0.0319 e. The van der Waals surface area contributed by atoms with E-state index in [0.29, 0.717) is 0 Å². The molecule has 1 aliphatic carbocycles. The lowest BCUT2D eigenvalue weighted by Gasteiger charge is -2.17. The summed E-state index contributed by atoms with van der Waals surface area (Å²) in [7, 11) is 0. The van der Waals surface area contributed by atoms with E-state index in [4.69, 9.17) is 6.58 Å². The van der Waals surface area contributed by atoms with Crippen molar-refractivity contribution in [1.82, 2.24) is 0 Å². The van der Waals surface area contributed by atoms with Gasteiger partial charge in [0.1, 0.15) is 0 Å². The molecule has 0 unspecified atom stereocenters. The standard InChI is InChI=1S/C13H21/c1-2-3-7-10-13-11-8-5-4-6-9-12-13/h1-3,7,13H,4-6,8-12H2/b2-1?,7-3+. The Morgan fingerprint density at radius 1 is 1.00 bits per heavy atom. The van der Waals surface area contributed by atoms with Gasteiger partial charge in [0.05, 0.1) is 0 Å². The Labute approximate surface area is 82.7 Å². The van der Waals surface area contributed by atoms with Gasteiger partial charge in [0, 0.05) is 0 Å². The summed E-state index contributed by atoms with van der Waals surface area (Å²) in [6.45, 7) is 5.29. The van der Waals surface area contributed by atoms with Crippen LogP contribution in [0.4, 0.5) is 0 Å². The summed E-state index contributed by atoms with van der Waals surface area (Å²) in [5, 5.41) is 0. The Balaban J connectivity index is 2.20. The topological polar surface area (TPSA) is 0 Å². The highest BCUT2D eigenvalue weighted by molar-refractivity contribution is 4.96. The van der Waals surface area contributed by atoms with Crippen LogP contribution in [0.5, 0.6) is 0 Å². The molecule has 1 saturated carbocycles. The normalized spacial score (nSPS) is 21.2. The van der Waals surface area contributed by atoms with Crippen LogP contribution in [0, 0.1) is 12.5 Å². The van der Waals surface area contributed by atoms with Gasteiger partial charge in [-0.3, -0.25) is 0 Å². The number of allylic oxidation sites excluding steroid dienone is 3. The van der Waals surface area contributed by atoms with Gasteiger partial charge in [0.2, 0.25) is 0 Å². The second kappa shape index (κ2) is 6.94. The van der Waals surface area contributed by atoms with E-state index in [9.17, 15) is 0 Å². The molecule has 1 radical (unpaired) electrons. The fraction of sp³-hybridized carbons (Fsp3) is 0.692. The van der Waals surface area contributed by atoms with Gasteiger partial charge >= 0.3 is 0 Å². The minimum absolute atomic E-state index is 0.927. The van der Waals surface area contributed by atoms with Gasteiger partial charge in [-0.2, -0.15) is 0 Å². The van der Waals surface area contributed by atoms with Crippen LogP contribution < -0.4 is 0 Å². The van der Waals surface area contributed by atoms with E-state index < -0.39 is 0 Å². The van der Waals surface area contributed by atoms with Crippen molar-refractivity contribution in [2.45, 2.75) is 51.4 Å². The van der Waals surface area contributed by atoms with Crippen molar-refractivity contribution in [3.8, 4) is 0 Å². The molecule has 0 atom stereocenters. The van der Waals surface area contributed by atoms with E-state index in [1.54, 1.807) is 6.08 Å². The summed E-state index contributed by atoms with van der Waals surface area (Å²) in [4.78, 5) is 0. The molecule has 0 aliphatic heterocycles. The summed E-state index contributed by atoms with van der Waals surface area (Å²) >= 11 is 0. The lowest BCUT2D eigenvalue weighted by Crippen LogP contribution is -2.02. The Bertz CT molecular complexity index is 147. The van der Waals surface area contributed by atoms with Crippen LogP contribution in [-0.4, -0.2) is 0 Å². The van der Waals surface area contributed by atoms with E-state index in [2.05, 4.69) is 6.08 Å². The first kappa shape index (κ1) is 10.6. The van der Waals surface area contributed by atoms with Crippen LogP contribution >= 0.6 is 0 Å². The van der Waals surface area contributed by atoms with Gasteiger partial charge in [0.15, 0.2) is 0 Å². The summed E-state index contributed by atoms with van der Waals surface area (Å²) < 4.78 is 0. The largest absolute Gasteiger partial charge is 0.0843 e. The molecule has 0 nitrogen and oxygen atoms in total. The van der Waals surface area contributed by atoms with Crippen molar-refractivity contribution >= 4 is 0 Å². The predicted octanol–water partition coefficient (Wildman–Crippen LogP) is 4.28. The minimum atomic E-state index is 0.927. The van der Waals surface area contributed by atoms with Gasteiger partial charge in [-0.25, -0.2) is 0 Å². The predicted molar refractivity (Wildman–Crippen MR) is 58.4 cm³/mol. The zero-order valence-corrected chi connectivity index (χ0v) is 8.54. The first-order valence-corrected chi connectivity index (χ1v) is 5.63. The van der Waals surface area contributed by atoms with Crippen molar-refractivity contribution in [2.75, 3.05) is 0 Å². The second-order valence-corrected chi connectivity index (χ2v) is 4.07. The molecule has 0 heteroatoms. The van der Waals surface area contributed by atoms with E-state index in [1.165, 1.54) is 51.4 Å². The Kier molecular flexibility index (Phi) is 5.64. The molecule has 1 rings (SSSR count). The first-order chi connectivity index (χ1) is 6.43. The molecule has 0 aromatic rings. The SMILES string of the molecule is [CH]=C/C=C/CC1CCCCCCC1. The highest BCUT2D eigenvalue weighted by atomic mass is 14.1. The molecule has 13 heavy (non-hydrogen) atoms. The highest BCUT2D eigenvalue weighted by Gasteiger charge is 2.08. The molecule has 0 spiro atoms. The lowest BCUT2D eigenvalue weighted by atomic mass is 9.89. The molecule has 0 amide bonds. The number of hydrogen-bond donors (Lipinski definition) is 0. The molecule has 0 aromatic carbocycles. The van der Waals surface area contributed by atoms with Crippen molar-refractivity contribution < 1.29 is 0 Å². The quantitative estimate of drug-likeness (QED) is 0.564. The molecule has 73 valence electrons. The number of hydrogen-bond acceptors (Lipinski definition) is 0. The molecule has 1 fully saturated rings. The molecule has 0 bridgehead atoms. The van der Waals surface area contributed by atoms with Crippen molar-refractivity contribution in [3.05, 3.63) is 24.8 Å². The molecule has 0 N–H and O–H groups in total. The van der Waals surface area contributed by atoms with E-state index in [0.717, 1.165) is 5.92 Å². The van der Waals surface area contributed by atoms with E-state index in [1.807, 2.05) is 6.08 Å². The molecular weight excluding hydrogens is 156 g/mol. The maximum absolute atomic E-state index is 5.29. The zero-order chi connectivity index (χ0) is 9.36. The fourth-order valence-electron chi connectivity index (χ4n) is 2.13. The Morgan fingerprint density at radius 2 is 1.62 bits per heavy atom. The van der Waals surface area contributed by atoms with Crippen molar-refractivity contribution in [2.24, 2.45) is 5.92 Å². The van der Waals surface area contributed by atoms with Crippen molar-refractivity contribution in [1.29, 1.82) is 0 Å². The van der Waals surface area contributed by atoms with Gasteiger partial charge in [-0.1, -0.05) is 69.8 Å². The highest BCUT2D eigenvalue weighted by Crippen LogP contribution is 2.24. The third-order valence-corrected chi connectivity index (χ3v) is 2.94. The second-order valence-electron chi connectivity index (χ2n) is 4.07. The zero-order valence-electron chi connectivity index (χ0n) is 8.54. The lowest BCUT2D eigenvalue weighted by molar-refractivity contribution is 0.381. The van der Waals surface area contributed by atoms with Crippen LogP contribution in [0.3, 0.4) is 0 Å². The van der Waals surface area contributed by atoms with Gasteiger partial charge in [-0.05, 0) is 12.3 Å². The van der Waals surface area contributed by atoms with E-state index >= 15 is 0 Å². The molecule has 0 aromatic heterocycles. The third-order valence-electron chi connectivity index (χ3n) is 2.94. The van der Waals surface area contributed by atoms with Gasteiger partial charge < -0.3 is 0 Å². The van der Waals surface area contributed by atoms with Crippen LogP contribution in [0.15, 0.2) is 18.2 Å². The van der Waals surface area contributed by atoms with Crippen LogP contribution in [0.25, 0.3) is 0 Å². The first-order valence-electron chi connectivity index (χ1n) is 5.63. The molecule has 0 heterocycles. The van der Waals surface area contributed by atoms with Gasteiger partial charge in [0.25, 0.3) is 0 Å². The van der Waals surface area contributed by atoms with Crippen molar-refractivity contribution in [3.63, 3.8) is 0 Å². The maximum Gasteiger partial charge on any atom is -0.0319 e. The summed E-state index contributed by atoms with van der Waals surface area (Å²) in [6.07, 6.45) is 17.1. The van der Waals surface area contributed by atoms with Crippen LogP contribution in [0.1, 0.15) is 51.4 Å². The van der Waals surface area contributed by atoms with Crippen LogP contribution in [0.2, 0.25) is 0 Å². The molecule has 0 saturated heterocycles. The van der Waals surface area contributed by atoms with Gasteiger partial charge in [-0.15, -0.1) is 0 Å².